The predicted octanol–water partition coefficient (Wildman–Crippen LogP) is 0.563. The van der Waals surface area contributed by atoms with E-state index in [1.54, 1.807) is 0 Å². The zero-order valence-electron chi connectivity index (χ0n) is 9.04. The summed E-state index contributed by atoms with van der Waals surface area (Å²) in [5, 5.41) is 27.7. The smallest absolute Gasteiger partial charge is 0.124 e. The molecule has 0 fully saturated rings. The second-order valence-electron chi connectivity index (χ2n) is 3.44. The highest BCUT2D eigenvalue weighted by molar-refractivity contribution is 5.31. The number of hydrogen-bond donors (Lipinski definition) is 3. The second-order valence-corrected chi connectivity index (χ2v) is 3.44. The summed E-state index contributed by atoms with van der Waals surface area (Å²) in [5.41, 5.74) is 2.67. The number of aryl methyl sites for hydroxylation is 2. The maximum absolute atomic E-state index is 9.03. The van der Waals surface area contributed by atoms with Crippen LogP contribution in [0.25, 0.3) is 0 Å². The first-order valence-corrected chi connectivity index (χ1v) is 4.96. The van der Waals surface area contributed by atoms with Crippen LogP contribution in [0.3, 0.4) is 0 Å². The number of H-pyrrole nitrogens is 1. The van der Waals surface area contributed by atoms with Crippen molar-refractivity contribution in [1.29, 1.82) is 5.26 Å². The number of nitriles is 1. The molecule has 1 aromatic rings. The molecule has 0 aliphatic heterocycles. The maximum Gasteiger partial charge on any atom is 0.124 e. The molecule has 5 heteroatoms. The minimum atomic E-state index is -0.352. The van der Waals surface area contributed by atoms with Crippen molar-refractivity contribution in [2.45, 2.75) is 26.3 Å². The highest BCUT2D eigenvalue weighted by Gasteiger charge is 2.17. The largest absolute Gasteiger partial charge is 0.396 e. The normalized spacial score (nSPS) is 12.4. The Balaban J connectivity index is 2.71. The first-order chi connectivity index (χ1) is 7.20. The summed E-state index contributed by atoms with van der Waals surface area (Å²) in [6.07, 6.45) is 0.647. The molecule has 1 rings (SSSR count). The van der Waals surface area contributed by atoms with Crippen molar-refractivity contribution in [2.75, 3.05) is 13.2 Å². The van der Waals surface area contributed by atoms with Gasteiger partial charge in [0.1, 0.15) is 6.04 Å². The van der Waals surface area contributed by atoms with Gasteiger partial charge in [-0.2, -0.15) is 10.4 Å². The Labute approximate surface area is 89.1 Å². The van der Waals surface area contributed by atoms with Crippen LogP contribution in [0, 0.1) is 25.2 Å². The summed E-state index contributed by atoms with van der Waals surface area (Å²) in [6.45, 7) is 4.53. The van der Waals surface area contributed by atoms with E-state index in [0.717, 1.165) is 17.0 Å². The van der Waals surface area contributed by atoms with E-state index >= 15 is 0 Å². The van der Waals surface area contributed by atoms with Crippen molar-refractivity contribution in [3.8, 4) is 6.07 Å². The molecule has 1 atom stereocenters. The highest BCUT2D eigenvalue weighted by Crippen LogP contribution is 2.18. The molecule has 1 unspecified atom stereocenters. The third kappa shape index (κ3) is 2.78. The number of nitrogens with one attached hydrogen (secondary N) is 2. The lowest BCUT2D eigenvalue weighted by Gasteiger charge is -2.11. The number of aromatic nitrogens is 2. The van der Waals surface area contributed by atoms with E-state index in [9.17, 15) is 0 Å². The Bertz CT molecular complexity index is 333. The fourth-order valence-corrected chi connectivity index (χ4v) is 1.52. The van der Waals surface area contributed by atoms with Gasteiger partial charge in [0.05, 0.1) is 11.8 Å². The van der Waals surface area contributed by atoms with Gasteiger partial charge >= 0.3 is 0 Å². The summed E-state index contributed by atoms with van der Waals surface area (Å²) < 4.78 is 0. The van der Waals surface area contributed by atoms with Crippen LogP contribution < -0.4 is 5.32 Å². The Kier molecular flexibility index (Phi) is 4.28. The van der Waals surface area contributed by atoms with Crippen molar-refractivity contribution in [1.82, 2.24) is 15.5 Å². The fraction of sp³-hybridized carbons (Fsp3) is 0.600. The Morgan fingerprint density at radius 2 is 2.33 bits per heavy atom. The minimum Gasteiger partial charge on any atom is -0.396 e. The highest BCUT2D eigenvalue weighted by atomic mass is 16.3. The van der Waals surface area contributed by atoms with E-state index < -0.39 is 0 Å². The first kappa shape index (κ1) is 11.7. The first-order valence-electron chi connectivity index (χ1n) is 4.96. The van der Waals surface area contributed by atoms with Gasteiger partial charge in [0.2, 0.25) is 0 Å². The van der Waals surface area contributed by atoms with Gasteiger partial charge in [-0.15, -0.1) is 0 Å². The van der Waals surface area contributed by atoms with Gasteiger partial charge in [-0.05, 0) is 26.8 Å². The van der Waals surface area contributed by atoms with Gasteiger partial charge < -0.3 is 5.11 Å². The van der Waals surface area contributed by atoms with Gasteiger partial charge in [0.15, 0.2) is 0 Å². The van der Waals surface area contributed by atoms with Crippen molar-refractivity contribution < 1.29 is 5.11 Å². The number of nitrogens with zero attached hydrogens (tertiary/aromatic N) is 2. The number of rotatable bonds is 5. The zero-order chi connectivity index (χ0) is 11.3. The summed E-state index contributed by atoms with van der Waals surface area (Å²) >= 11 is 0. The van der Waals surface area contributed by atoms with Gasteiger partial charge in [0, 0.05) is 17.9 Å². The van der Waals surface area contributed by atoms with Gasteiger partial charge in [0.25, 0.3) is 0 Å². The number of aliphatic hydroxyl groups excluding tert-OH is 1. The molecule has 15 heavy (non-hydrogen) atoms. The average molecular weight is 208 g/mol. The molecule has 5 nitrogen and oxygen atoms in total. The van der Waals surface area contributed by atoms with Crippen LogP contribution >= 0.6 is 0 Å². The molecule has 82 valence electrons. The van der Waals surface area contributed by atoms with E-state index in [4.69, 9.17) is 10.4 Å². The van der Waals surface area contributed by atoms with E-state index in [0.29, 0.717) is 13.0 Å². The molecular weight excluding hydrogens is 192 g/mol. The summed E-state index contributed by atoms with van der Waals surface area (Å²) in [6, 6.07) is 1.84. The lowest BCUT2D eigenvalue weighted by Crippen LogP contribution is -2.22. The van der Waals surface area contributed by atoms with Crippen LogP contribution in [0.4, 0.5) is 0 Å². The topological polar surface area (TPSA) is 84.7 Å². The third-order valence-corrected chi connectivity index (χ3v) is 2.29. The molecule has 0 aromatic carbocycles. The second kappa shape index (κ2) is 5.49. The van der Waals surface area contributed by atoms with Crippen LogP contribution in [-0.4, -0.2) is 28.5 Å². The predicted molar refractivity (Wildman–Crippen MR) is 56.1 cm³/mol. The quantitative estimate of drug-likeness (QED) is 0.617. The van der Waals surface area contributed by atoms with Crippen molar-refractivity contribution in [2.24, 2.45) is 0 Å². The van der Waals surface area contributed by atoms with E-state index in [1.807, 2.05) is 13.8 Å². The minimum absolute atomic E-state index is 0.133. The lowest BCUT2D eigenvalue weighted by atomic mass is 10.1. The standard InChI is InChI=1S/C10H16N4O/c1-7-10(8(2)14-13-7)9(6-11)12-4-3-5-15/h9,12,15H,3-5H2,1-2H3,(H,13,14). The van der Waals surface area contributed by atoms with Crippen molar-refractivity contribution in [3.63, 3.8) is 0 Å². The molecule has 0 radical (unpaired) electrons. The van der Waals surface area contributed by atoms with Crippen LogP contribution in [0.5, 0.6) is 0 Å². The maximum atomic E-state index is 9.03. The zero-order valence-corrected chi connectivity index (χ0v) is 9.04. The third-order valence-electron chi connectivity index (χ3n) is 2.29. The van der Waals surface area contributed by atoms with Gasteiger partial charge in [-0.1, -0.05) is 0 Å². The summed E-state index contributed by atoms with van der Waals surface area (Å²) in [7, 11) is 0. The Morgan fingerprint density at radius 1 is 1.60 bits per heavy atom. The lowest BCUT2D eigenvalue weighted by molar-refractivity contribution is 0.285. The molecule has 0 aliphatic rings. The van der Waals surface area contributed by atoms with Crippen LogP contribution in [0.2, 0.25) is 0 Å². The van der Waals surface area contributed by atoms with Crippen LogP contribution in [0.15, 0.2) is 0 Å². The molecule has 1 heterocycles. The average Bonchev–Trinajstić information content (AvgIpc) is 2.55. The Hall–Kier alpha value is -1.38. The molecule has 0 aliphatic carbocycles. The number of aliphatic hydroxyl groups is 1. The van der Waals surface area contributed by atoms with Gasteiger partial charge in [-0.25, -0.2) is 0 Å². The van der Waals surface area contributed by atoms with Crippen LogP contribution in [-0.2, 0) is 0 Å². The van der Waals surface area contributed by atoms with E-state index in [2.05, 4.69) is 21.6 Å². The fourth-order valence-electron chi connectivity index (χ4n) is 1.52. The SMILES string of the molecule is Cc1n[nH]c(C)c1C(C#N)NCCCO. The van der Waals surface area contributed by atoms with E-state index in [-0.39, 0.29) is 12.6 Å². The number of hydrogen-bond acceptors (Lipinski definition) is 4. The van der Waals surface area contributed by atoms with E-state index in [1.165, 1.54) is 0 Å². The summed E-state index contributed by atoms with van der Waals surface area (Å²) in [5.74, 6) is 0. The van der Waals surface area contributed by atoms with Crippen molar-refractivity contribution in [3.05, 3.63) is 17.0 Å². The van der Waals surface area contributed by atoms with Gasteiger partial charge in [-0.3, -0.25) is 10.4 Å². The monoisotopic (exact) mass is 208 g/mol. The summed E-state index contributed by atoms with van der Waals surface area (Å²) in [4.78, 5) is 0. The number of aromatic amines is 1. The molecule has 0 spiro atoms. The Morgan fingerprint density at radius 3 is 2.80 bits per heavy atom. The molecular formula is C10H16N4O. The molecule has 0 saturated carbocycles. The van der Waals surface area contributed by atoms with Crippen molar-refractivity contribution >= 4 is 0 Å². The molecule has 0 bridgehead atoms. The molecule has 0 saturated heterocycles. The molecule has 1 aromatic heterocycles. The molecule has 0 amide bonds. The van der Waals surface area contributed by atoms with Crippen LogP contribution in [0.1, 0.15) is 29.4 Å². The molecule has 3 N–H and O–H groups in total.